The largest absolute Gasteiger partial charge is 0.573 e. The predicted octanol–water partition coefficient (Wildman–Crippen LogP) is 1.52. The lowest BCUT2D eigenvalue weighted by Crippen LogP contribution is -2.46. The van der Waals surface area contributed by atoms with Gasteiger partial charge < -0.3 is 15.2 Å². The van der Waals surface area contributed by atoms with Gasteiger partial charge in [-0.15, -0.1) is 13.2 Å². The molecule has 0 bridgehead atoms. The number of alkyl halides is 3. The maximum atomic E-state index is 12.4. The van der Waals surface area contributed by atoms with Crippen LogP contribution in [0.1, 0.15) is 11.6 Å². The Balaban J connectivity index is 2.24. The zero-order valence-electron chi connectivity index (χ0n) is 10.9. The maximum absolute atomic E-state index is 12.4. The molecular formula is C13H17F3N2O2. The summed E-state index contributed by atoms with van der Waals surface area (Å²) in [5.74, 6) is -0.252. The van der Waals surface area contributed by atoms with E-state index in [1.54, 1.807) is 12.1 Å². The van der Waals surface area contributed by atoms with E-state index in [2.05, 4.69) is 10.1 Å². The van der Waals surface area contributed by atoms with E-state index in [9.17, 15) is 18.3 Å². The molecule has 112 valence electrons. The van der Waals surface area contributed by atoms with Gasteiger partial charge in [-0.2, -0.15) is 0 Å². The molecule has 1 aliphatic rings. The van der Waals surface area contributed by atoms with Gasteiger partial charge >= 0.3 is 6.36 Å². The highest BCUT2D eigenvalue weighted by atomic mass is 19.4. The molecule has 20 heavy (non-hydrogen) atoms. The van der Waals surface area contributed by atoms with Crippen molar-refractivity contribution in [1.29, 1.82) is 0 Å². The van der Waals surface area contributed by atoms with Crippen LogP contribution in [0.3, 0.4) is 0 Å². The maximum Gasteiger partial charge on any atom is 0.573 e. The molecule has 1 aromatic rings. The quantitative estimate of drug-likeness (QED) is 0.882. The Kier molecular flexibility index (Phi) is 4.85. The zero-order valence-corrected chi connectivity index (χ0v) is 10.9. The fraction of sp³-hybridized carbons (Fsp3) is 0.538. The molecule has 1 aromatic carbocycles. The molecule has 1 fully saturated rings. The Bertz CT molecular complexity index is 434. The summed E-state index contributed by atoms with van der Waals surface area (Å²) in [6.07, 6.45) is -4.74. The second-order valence-corrected chi connectivity index (χ2v) is 4.57. The van der Waals surface area contributed by atoms with Gasteiger partial charge in [0.05, 0.1) is 12.6 Å². The van der Waals surface area contributed by atoms with Gasteiger partial charge in [0.25, 0.3) is 0 Å². The summed E-state index contributed by atoms with van der Waals surface area (Å²) in [6.45, 7) is 2.59. The number of rotatable bonds is 4. The van der Waals surface area contributed by atoms with Crippen LogP contribution < -0.4 is 10.1 Å². The second kappa shape index (κ2) is 6.43. The first-order valence-electron chi connectivity index (χ1n) is 6.41. The molecule has 1 heterocycles. The molecule has 0 saturated carbocycles. The van der Waals surface area contributed by atoms with Gasteiger partial charge in [0, 0.05) is 31.7 Å². The highest BCUT2D eigenvalue weighted by molar-refractivity contribution is 5.36. The zero-order chi connectivity index (χ0) is 14.6. The average molecular weight is 290 g/mol. The predicted molar refractivity (Wildman–Crippen MR) is 67.4 cm³/mol. The Morgan fingerprint density at radius 3 is 2.50 bits per heavy atom. The van der Waals surface area contributed by atoms with Crippen molar-refractivity contribution in [1.82, 2.24) is 10.2 Å². The highest BCUT2D eigenvalue weighted by Crippen LogP contribution is 2.32. The topological polar surface area (TPSA) is 44.7 Å². The van der Waals surface area contributed by atoms with E-state index in [0.29, 0.717) is 18.7 Å². The van der Waals surface area contributed by atoms with E-state index >= 15 is 0 Å². The van der Waals surface area contributed by atoms with E-state index in [1.807, 2.05) is 4.90 Å². The average Bonchev–Trinajstić information content (AvgIpc) is 2.41. The van der Waals surface area contributed by atoms with E-state index in [1.165, 1.54) is 12.1 Å². The molecule has 0 amide bonds. The number of para-hydroxylation sites is 1. The first kappa shape index (κ1) is 15.1. The summed E-state index contributed by atoms with van der Waals surface area (Å²) in [4.78, 5) is 1.95. The third-order valence-electron chi connectivity index (χ3n) is 3.27. The minimum atomic E-state index is -4.74. The standard InChI is InChI=1S/C13H17F3N2O2/c14-13(15,16)20-12-4-2-1-3-10(12)11(9-19)18-7-5-17-6-8-18/h1-4,11,17,19H,5-9H2. The minimum absolute atomic E-state index is 0.252. The van der Waals surface area contributed by atoms with Crippen LogP contribution >= 0.6 is 0 Å². The van der Waals surface area contributed by atoms with E-state index in [4.69, 9.17) is 0 Å². The van der Waals surface area contributed by atoms with Crippen molar-refractivity contribution in [3.05, 3.63) is 29.8 Å². The lowest BCUT2D eigenvalue weighted by molar-refractivity contribution is -0.275. The summed E-state index contributed by atoms with van der Waals surface area (Å²) in [5, 5.41) is 12.7. The van der Waals surface area contributed by atoms with Crippen molar-refractivity contribution >= 4 is 0 Å². The molecule has 0 radical (unpaired) electrons. The smallest absolute Gasteiger partial charge is 0.405 e. The molecule has 0 aromatic heterocycles. The number of ether oxygens (including phenoxy) is 1. The van der Waals surface area contributed by atoms with Gasteiger partial charge in [-0.25, -0.2) is 0 Å². The Labute approximate surface area is 115 Å². The molecule has 1 saturated heterocycles. The summed E-state index contributed by atoms with van der Waals surface area (Å²) in [5.41, 5.74) is 0.356. The number of aliphatic hydroxyl groups is 1. The number of nitrogens with one attached hydrogen (secondary N) is 1. The van der Waals surface area contributed by atoms with Crippen LogP contribution in [0, 0.1) is 0 Å². The SMILES string of the molecule is OCC(c1ccccc1OC(F)(F)F)N1CCNCC1. The van der Waals surface area contributed by atoms with Crippen LogP contribution in [0.4, 0.5) is 13.2 Å². The third-order valence-corrected chi connectivity index (χ3v) is 3.27. The molecular weight excluding hydrogens is 273 g/mol. The summed E-state index contributed by atoms with van der Waals surface area (Å²) < 4.78 is 41.3. The lowest BCUT2D eigenvalue weighted by atomic mass is 10.0. The van der Waals surface area contributed by atoms with Gasteiger partial charge in [-0.1, -0.05) is 18.2 Å². The Morgan fingerprint density at radius 1 is 1.25 bits per heavy atom. The summed E-state index contributed by atoms with van der Waals surface area (Å²) in [6, 6.07) is 5.47. The van der Waals surface area contributed by atoms with Crippen LogP contribution in [0.25, 0.3) is 0 Å². The Morgan fingerprint density at radius 2 is 1.90 bits per heavy atom. The molecule has 2 N–H and O–H groups in total. The van der Waals surface area contributed by atoms with Crippen molar-refractivity contribution in [3.8, 4) is 5.75 Å². The molecule has 0 spiro atoms. The molecule has 1 aliphatic heterocycles. The molecule has 2 rings (SSSR count). The third kappa shape index (κ3) is 3.84. The fourth-order valence-electron chi connectivity index (χ4n) is 2.38. The summed E-state index contributed by atoms with van der Waals surface area (Å²) >= 11 is 0. The number of nitrogens with zero attached hydrogens (tertiary/aromatic N) is 1. The van der Waals surface area contributed by atoms with Crippen molar-refractivity contribution in [2.24, 2.45) is 0 Å². The lowest BCUT2D eigenvalue weighted by Gasteiger charge is -2.34. The van der Waals surface area contributed by atoms with Gasteiger partial charge in [0.1, 0.15) is 5.75 Å². The highest BCUT2D eigenvalue weighted by Gasteiger charge is 2.33. The van der Waals surface area contributed by atoms with Crippen LogP contribution in [0.15, 0.2) is 24.3 Å². The normalized spacial score (nSPS) is 18.8. The van der Waals surface area contributed by atoms with Crippen molar-refractivity contribution in [2.75, 3.05) is 32.8 Å². The molecule has 1 unspecified atom stereocenters. The van der Waals surface area contributed by atoms with E-state index in [0.717, 1.165) is 13.1 Å². The van der Waals surface area contributed by atoms with Crippen LogP contribution in [0.2, 0.25) is 0 Å². The monoisotopic (exact) mass is 290 g/mol. The summed E-state index contributed by atoms with van der Waals surface area (Å²) in [7, 11) is 0. The number of benzene rings is 1. The van der Waals surface area contributed by atoms with Crippen LogP contribution in [-0.4, -0.2) is 49.2 Å². The van der Waals surface area contributed by atoms with Gasteiger partial charge in [0.2, 0.25) is 0 Å². The van der Waals surface area contributed by atoms with Crippen molar-refractivity contribution < 1.29 is 23.0 Å². The van der Waals surface area contributed by atoms with E-state index in [-0.39, 0.29) is 12.4 Å². The fourth-order valence-corrected chi connectivity index (χ4v) is 2.38. The van der Waals surface area contributed by atoms with Crippen LogP contribution in [0.5, 0.6) is 5.75 Å². The van der Waals surface area contributed by atoms with E-state index < -0.39 is 12.4 Å². The number of piperazine rings is 1. The van der Waals surface area contributed by atoms with Gasteiger partial charge in [-0.3, -0.25) is 4.90 Å². The number of halogens is 3. The number of hydrogen-bond acceptors (Lipinski definition) is 4. The molecule has 0 aliphatic carbocycles. The Hall–Kier alpha value is -1.31. The number of aliphatic hydroxyl groups excluding tert-OH is 1. The van der Waals surface area contributed by atoms with Gasteiger partial charge in [0.15, 0.2) is 0 Å². The van der Waals surface area contributed by atoms with Crippen molar-refractivity contribution in [2.45, 2.75) is 12.4 Å². The molecule has 1 atom stereocenters. The minimum Gasteiger partial charge on any atom is -0.405 e. The van der Waals surface area contributed by atoms with Crippen LogP contribution in [-0.2, 0) is 0 Å². The second-order valence-electron chi connectivity index (χ2n) is 4.57. The van der Waals surface area contributed by atoms with Gasteiger partial charge in [-0.05, 0) is 6.07 Å². The number of hydrogen-bond donors (Lipinski definition) is 2. The first-order valence-corrected chi connectivity index (χ1v) is 6.41. The van der Waals surface area contributed by atoms with Crippen molar-refractivity contribution in [3.63, 3.8) is 0 Å². The molecule has 4 nitrogen and oxygen atoms in total. The molecule has 7 heteroatoms. The first-order chi connectivity index (χ1) is 9.51.